The Morgan fingerprint density at radius 3 is 2.38 bits per heavy atom. The summed E-state index contributed by atoms with van der Waals surface area (Å²) in [4.78, 5) is 9.87. The maximum atomic E-state index is 4.93. The van der Waals surface area contributed by atoms with Crippen molar-refractivity contribution in [2.75, 3.05) is 24.0 Å². The Morgan fingerprint density at radius 2 is 1.67 bits per heavy atom. The summed E-state index contributed by atoms with van der Waals surface area (Å²) in [6, 6.07) is 8.16. The highest BCUT2D eigenvalue weighted by atomic mass is 32.2. The van der Waals surface area contributed by atoms with Crippen LogP contribution in [0.1, 0.15) is 18.7 Å². The monoisotopic (exact) mass is 361 g/mol. The van der Waals surface area contributed by atoms with Crippen molar-refractivity contribution < 1.29 is 4.57 Å². The number of nitrogens with zero attached hydrogens (tertiary/aromatic N) is 4. The third-order valence-corrected chi connectivity index (χ3v) is 5.68. The minimum Gasteiger partial charge on any atom is -0.242 e. The van der Waals surface area contributed by atoms with Gasteiger partial charge < -0.3 is 0 Å². The molecule has 2 aromatic heterocycles. The van der Waals surface area contributed by atoms with E-state index in [0.717, 1.165) is 48.3 Å². The van der Waals surface area contributed by atoms with E-state index in [1.807, 2.05) is 35.7 Å². The van der Waals surface area contributed by atoms with E-state index < -0.39 is 0 Å². The fourth-order valence-corrected chi connectivity index (χ4v) is 3.90. The molecule has 3 aromatic rings. The molecular formula is C18H25N4S2+. The first-order valence-electron chi connectivity index (χ1n) is 8.39. The molecule has 1 aromatic carbocycles. The average Bonchev–Trinajstić information content (AvgIpc) is 2.85. The molecular weight excluding hydrogens is 336 g/mol. The Hall–Kier alpha value is -1.27. The summed E-state index contributed by atoms with van der Waals surface area (Å²) < 4.78 is 4.70. The zero-order valence-electron chi connectivity index (χ0n) is 14.7. The van der Waals surface area contributed by atoms with Gasteiger partial charge in [-0.3, -0.25) is 0 Å². The molecule has 0 N–H and O–H groups in total. The van der Waals surface area contributed by atoms with Gasteiger partial charge in [-0.15, -0.1) is 0 Å². The molecule has 0 saturated carbocycles. The van der Waals surface area contributed by atoms with Crippen molar-refractivity contribution >= 4 is 45.9 Å². The van der Waals surface area contributed by atoms with Gasteiger partial charge in [-0.2, -0.15) is 23.5 Å². The second kappa shape index (κ2) is 8.21. The maximum Gasteiger partial charge on any atom is 0.322 e. The Labute approximate surface area is 152 Å². The molecule has 0 unspecified atom stereocenters. The normalized spacial score (nSPS) is 11.6. The van der Waals surface area contributed by atoms with Gasteiger partial charge in [0.2, 0.25) is 5.82 Å². The summed E-state index contributed by atoms with van der Waals surface area (Å²) in [6.45, 7) is 4.21. The number of benzene rings is 1. The molecule has 0 bridgehead atoms. The van der Waals surface area contributed by atoms with Gasteiger partial charge in [-0.1, -0.05) is 17.1 Å². The number of hydrogen-bond acceptors (Lipinski definition) is 4. The van der Waals surface area contributed by atoms with E-state index in [0.29, 0.717) is 0 Å². The molecule has 2 heterocycles. The van der Waals surface area contributed by atoms with Crippen LogP contribution < -0.4 is 4.57 Å². The smallest absolute Gasteiger partial charge is 0.242 e. The van der Waals surface area contributed by atoms with E-state index in [1.54, 1.807) is 0 Å². The standard InChI is InChI=1S/C18H25N4S2/c1-14-21(10-6-12-23-2)17-18(22(14)11-7-13-24-3)20-16-9-5-4-8-15(16)19-17/h4-5,8-9H,6-7,10-13H2,1-3H3/q+1. The fourth-order valence-electron chi connectivity index (χ4n) is 3.07. The van der Waals surface area contributed by atoms with Crippen LogP contribution in [0.3, 0.4) is 0 Å². The van der Waals surface area contributed by atoms with Crippen LogP contribution in [0.15, 0.2) is 24.3 Å². The van der Waals surface area contributed by atoms with Crippen molar-refractivity contribution in [3.05, 3.63) is 30.1 Å². The zero-order valence-corrected chi connectivity index (χ0v) is 16.3. The molecule has 0 amide bonds. The van der Waals surface area contributed by atoms with Crippen LogP contribution in [-0.2, 0) is 13.1 Å². The van der Waals surface area contributed by atoms with Gasteiger partial charge in [-0.25, -0.2) is 14.1 Å². The molecule has 6 heteroatoms. The Balaban J connectivity index is 2.09. The molecule has 0 aliphatic carbocycles. The molecule has 0 fully saturated rings. The van der Waals surface area contributed by atoms with Gasteiger partial charge in [0.05, 0.1) is 13.1 Å². The summed E-state index contributed by atoms with van der Waals surface area (Å²) in [7, 11) is 0. The van der Waals surface area contributed by atoms with E-state index in [9.17, 15) is 0 Å². The molecule has 128 valence electrons. The number of thioether (sulfide) groups is 2. The van der Waals surface area contributed by atoms with E-state index in [1.165, 1.54) is 17.3 Å². The fraction of sp³-hybridized carbons (Fsp3) is 0.500. The minimum atomic E-state index is 0.977. The van der Waals surface area contributed by atoms with E-state index in [2.05, 4.69) is 40.7 Å². The molecule has 0 aliphatic rings. The quantitative estimate of drug-likeness (QED) is 0.453. The van der Waals surface area contributed by atoms with Crippen LogP contribution in [0.4, 0.5) is 0 Å². The van der Waals surface area contributed by atoms with Crippen LogP contribution in [0, 0.1) is 6.92 Å². The van der Waals surface area contributed by atoms with Gasteiger partial charge >= 0.3 is 5.65 Å². The summed E-state index contributed by atoms with van der Waals surface area (Å²) in [5, 5.41) is 0. The second-order valence-electron chi connectivity index (χ2n) is 5.90. The molecule has 4 nitrogen and oxygen atoms in total. The van der Waals surface area contributed by atoms with Crippen LogP contribution >= 0.6 is 23.5 Å². The third-order valence-electron chi connectivity index (χ3n) is 4.29. The number of aryl methyl sites for hydroxylation is 2. The molecule has 0 spiro atoms. The van der Waals surface area contributed by atoms with Crippen LogP contribution in [0.2, 0.25) is 0 Å². The molecule has 0 atom stereocenters. The Bertz CT molecular complexity index is 762. The van der Waals surface area contributed by atoms with Crippen molar-refractivity contribution in [2.45, 2.75) is 32.9 Å². The SMILES string of the molecule is CSCCCn1c(C)[n+](CCCSC)c2nc3ccccc3nc21. The molecule has 0 aliphatic heterocycles. The third kappa shape index (κ3) is 3.54. The average molecular weight is 362 g/mol. The summed E-state index contributed by atoms with van der Waals surface area (Å²) in [5.74, 6) is 3.61. The summed E-state index contributed by atoms with van der Waals surface area (Å²) in [6.07, 6.45) is 6.64. The van der Waals surface area contributed by atoms with Crippen molar-refractivity contribution in [1.29, 1.82) is 0 Å². The highest BCUT2D eigenvalue weighted by Gasteiger charge is 2.23. The molecule has 0 radical (unpaired) electrons. The number of para-hydroxylation sites is 2. The topological polar surface area (TPSA) is 34.6 Å². The highest BCUT2D eigenvalue weighted by molar-refractivity contribution is 7.98. The van der Waals surface area contributed by atoms with Crippen LogP contribution in [0.25, 0.3) is 22.3 Å². The number of rotatable bonds is 8. The van der Waals surface area contributed by atoms with Gasteiger partial charge in [-0.05, 0) is 49.0 Å². The first-order chi connectivity index (χ1) is 11.8. The lowest BCUT2D eigenvalue weighted by molar-refractivity contribution is -0.680. The second-order valence-corrected chi connectivity index (χ2v) is 7.87. The first-order valence-corrected chi connectivity index (χ1v) is 11.2. The number of fused-ring (bicyclic) bond motifs is 2. The predicted molar refractivity (Wildman–Crippen MR) is 106 cm³/mol. The molecule has 3 rings (SSSR count). The Morgan fingerprint density at radius 1 is 1.00 bits per heavy atom. The van der Waals surface area contributed by atoms with Crippen LogP contribution in [-0.4, -0.2) is 38.6 Å². The van der Waals surface area contributed by atoms with Gasteiger partial charge in [0.15, 0.2) is 5.52 Å². The summed E-state index contributed by atoms with van der Waals surface area (Å²) >= 11 is 3.80. The number of imidazole rings is 1. The van der Waals surface area contributed by atoms with E-state index >= 15 is 0 Å². The van der Waals surface area contributed by atoms with Crippen molar-refractivity contribution in [2.24, 2.45) is 0 Å². The van der Waals surface area contributed by atoms with Crippen molar-refractivity contribution in [3.8, 4) is 0 Å². The van der Waals surface area contributed by atoms with E-state index in [4.69, 9.17) is 9.97 Å². The Kier molecular flexibility index (Phi) is 6.00. The molecule has 0 saturated heterocycles. The van der Waals surface area contributed by atoms with Gasteiger partial charge in [0.25, 0.3) is 5.65 Å². The van der Waals surface area contributed by atoms with Crippen molar-refractivity contribution in [3.63, 3.8) is 0 Å². The lowest BCUT2D eigenvalue weighted by Gasteiger charge is -2.02. The minimum absolute atomic E-state index is 0.977. The first kappa shape index (κ1) is 17.5. The van der Waals surface area contributed by atoms with Crippen molar-refractivity contribution in [1.82, 2.24) is 14.5 Å². The van der Waals surface area contributed by atoms with Gasteiger partial charge in [0.1, 0.15) is 5.52 Å². The maximum absolute atomic E-state index is 4.93. The highest BCUT2D eigenvalue weighted by Crippen LogP contribution is 2.17. The zero-order chi connectivity index (χ0) is 16.9. The predicted octanol–water partition coefficient (Wildman–Crippen LogP) is 3.69. The summed E-state index contributed by atoms with van der Waals surface area (Å²) in [5.41, 5.74) is 4.00. The lowest BCUT2D eigenvalue weighted by atomic mass is 10.3. The number of hydrogen-bond donors (Lipinski definition) is 0. The van der Waals surface area contributed by atoms with Gasteiger partial charge in [0, 0.05) is 6.92 Å². The van der Waals surface area contributed by atoms with Crippen LogP contribution in [0.5, 0.6) is 0 Å². The van der Waals surface area contributed by atoms with E-state index in [-0.39, 0.29) is 0 Å². The molecule has 24 heavy (non-hydrogen) atoms. The number of aromatic nitrogens is 4. The lowest BCUT2D eigenvalue weighted by Crippen LogP contribution is -2.37. The largest absolute Gasteiger partial charge is 0.322 e.